The number of benzene rings is 1. The molecule has 0 aliphatic carbocycles. The van der Waals surface area contributed by atoms with Crippen LogP contribution in [0, 0.1) is 0 Å². The largest absolute Gasteiger partial charge is 0.497 e. The fourth-order valence-electron chi connectivity index (χ4n) is 2.55. The molecular weight excluding hydrogens is 370 g/mol. The second-order valence-corrected chi connectivity index (χ2v) is 8.67. The van der Waals surface area contributed by atoms with Crippen LogP contribution in [0.4, 0.5) is 0 Å². The summed E-state index contributed by atoms with van der Waals surface area (Å²) in [5, 5.41) is 6.14. The number of aryl methyl sites for hydroxylation is 1. The smallest absolute Gasteiger partial charge is 0.250 e. The Morgan fingerprint density at radius 2 is 2.00 bits per heavy atom. The molecule has 0 saturated carbocycles. The molecule has 26 heavy (non-hydrogen) atoms. The number of aromatic nitrogens is 2. The van der Waals surface area contributed by atoms with Gasteiger partial charge in [-0.25, -0.2) is 13.1 Å². The summed E-state index contributed by atoms with van der Waals surface area (Å²) in [6, 6.07) is 10.9. The molecule has 138 valence electrons. The first-order valence-electron chi connectivity index (χ1n) is 8.27. The van der Waals surface area contributed by atoms with Gasteiger partial charge in [-0.1, -0.05) is 19.1 Å². The van der Waals surface area contributed by atoms with Crippen LogP contribution in [-0.2, 0) is 23.1 Å². The maximum absolute atomic E-state index is 12.6. The predicted octanol–water partition coefficient (Wildman–Crippen LogP) is 3.51. The van der Waals surface area contributed by atoms with Gasteiger partial charge >= 0.3 is 0 Å². The number of thiophene rings is 1. The normalized spacial score (nSPS) is 11.6. The lowest BCUT2D eigenvalue weighted by molar-refractivity contribution is 0.414. The number of ether oxygens (including phenoxy) is 1. The molecule has 3 rings (SSSR count). The Morgan fingerprint density at radius 1 is 1.23 bits per heavy atom. The molecule has 0 spiro atoms. The second-order valence-electron chi connectivity index (χ2n) is 5.77. The van der Waals surface area contributed by atoms with Crippen LogP contribution in [0.25, 0.3) is 11.3 Å². The van der Waals surface area contributed by atoms with E-state index in [1.165, 1.54) is 11.3 Å². The van der Waals surface area contributed by atoms with E-state index in [0.717, 1.165) is 35.5 Å². The second kappa shape index (κ2) is 8.03. The highest BCUT2D eigenvalue weighted by atomic mass is 32.2. The van der Waals surface area contributed by atoms with Crippen LogP contribution in [0.5, 0.6) is 5.75 Å². The lowest BCUT2D eigenvalue weighted by Gasteiger charge is -2.06. The summed E-state index contributed by atoms with van der Waals surface area (Å²) >= 11 is 1.21. The number of nitrogens with zero attached hydrogens (tertiary/aromatic N) is 2. The maximum Gasteiger partial charge on any atom is 0.250 e. The molecule has 2 aromatic heterocycles. The van der Waals surface area contributed by atoms with Crippen molar-refractivity contribution in [2.75, 3.05) is 7.11 Å². The van der Waals surface area contributed by atoms with E-state index in [1.54, 1.807) is 19.4 Å². The van der Waals surface area contributed by atoms with Gasteiger partial charge in [0.15, 0.2) is 0 Å². The first kappa shape index (κ1) is 18.6. The van der Waals surface area contributed by atoms with E-state index < -0.39 is 10.0 Å². The highest BCUT2D eigenvalue weighted by Gasteiger charge is 2.18. The van der Waals surface area contributed by atoms with Gasteiger partial charge in [-0.05, 0) is 36.2 Å². The van der Waals surface area contributed by atoms with Crippen LogP contribution in [0.1, 0.15) is 18.9 Å². The summed E-state index contributed by atoms with van der Waals surface area (Å²) in [5.74, 6) is 0.739. The molecule has 8 heteroatoms. The number of hydrogen-bond donors (Lipinski definition) is 1. The molecule has 0 radical (unpaired) electrons. The van der Waals surface area contributed by atoms with E-state index in [1.807, 2.05) is 40.4 Å². The van der Waals surface area contributed by atoms with Crippen molar-refractivity contribution < 1.29 is 13.2 Å². The number of hydrogen-bond acceptors (Lipinski definition) is 5. The monoisotopic (exact) mass is 391 g/mol. The third-order valence-corrected chi connectivity index (χ3v) is 6.75. The van der Waals surface area contributed by atoms with E-state index in [4.69, 9.17) is 4.74 Å². The van der Waals surface area contributed by atoms with Crippen molar-refractivity contribution in [2.24, 2.45) is 0 Å². The molecule has 0 fully saturated rings. The Morgan fingerprint density at radius 3 is 2.69 bits per heavy atom. The standard InChI is InChI=1S/C18H21N3O3S2/c1-3-10-21-17(8-9-19-21)15-11-18(25-13-15)26(22,23)20-12-14-4-6-16(24-2)7-5-14/h4-9,11,13,20H,3,10,12H2,1-2H3. The Bertz CT molecular complexity index is 960. The number of sulfonamides is 1. The van der Waals surface area contributed by atoms with Crippen LogP contribution in [0.15, 0.2) is 52.2 Å². The minimum atomic E-state index is -3.56. The Balaban J connectivity index is 1.73. The lowest BCUT2D eigenvalue weighted by Crippen LogP contribution is -2.22. The fraction of sp³-hybridized carbons (Fsp3) is 0.278. The van der Waals surface area contributed by atoms with Crippen molar-refractivity contribution >= 4 is 21.4 Å². The van der Waals surface area contributed by atoms with E-state index >= 15 is 0 Å². The number of nitrogens with one attached hydrogen (secondary N) is 1. The summed E-state index contributed by atoms with van der Waals surface area (Å²) in [7, 11) is -1.97. The van der Waals surface area contributed by atoms with Gasteiger partial charge in [0, 0.05) is 30.2 Å². The Hall–Kier alpha value is -2.16. The molecule has 1 N–H and O–H groups in total. The van der Waals surface area contributed by atoms with E-state index in [9.17, 15) is 8.42 Å². The zero-order chi connectivity index (χ0) is 18.6. The quantitative estimate of drug-likeness (QED) is 0.638. The minimum absolute atomic E-state index is 0.229. The molecular formula is C18H21N3O3S2. The SMILES string of the molecule is CCCn1nccc1-c1csc(S(=O)(=O)NCc2ccc(OC)cc2)c1. The van der Waals surface area contributed by atoms with Crippen molar-refractivity contribution in [1.82, 2.24) is 14.5 Å². The summed E-state index contributed by atoms with van der Waals surface area (Å²) < 4.78 is 35.1. The first-order valence-corrected chi connectivity index (χ1v) is 10.6. The van der Waals surface area contributed by atoms with Gasteiger partial charge in [0.25, 0.3) is 0 Å². The van der Waals surface area contributed by atoms with Crippen molar-refractivity contribution in [1.29, 1.82) is 0 Å². The summed E-state index contributed by atoms with van der Waals surface area (Å²) in [5.41, 5.74) is 2.66. The molecule has 2 heterocycles. The summed E-state index contributed by atoms with van der Waals surface area (Å²) in [6.07, 6.45) is 2.70. The van der Waals surface area contributed by atoms with Crippen LogP contribution in [0.3, 0.4) is 0 Å². The van der Waals surface area contributed by atoms with Crippen molar-refractivity contribution in [3.05, 3.63) is 53.5 Å². The van der Waals surface area contributed by atoms with Crippen molar-refractivity contribution in [2.45, 2.75) is 30.6 Å². The molecule has 1 aromatic carbocycles. The number of rotatable bonds is 8. The lowest BCUT2D eigenvalue weighted by atomic mass is 10.2. The molecule has 0 saturated heterocycles. The molecule has 6 nitrogen and oxygen atoms in total. The van der Waals surface area contributed by atoms with Gasteiger partial charge in [-0.3, -0.25) is 4.68 Å². The average Bonchev–Trinajstić information content (AvgIpc) is 3.30. The minimum Gasteiger partial charge on any atom is -0.497 e. The molecule has 0 bridgehead atoms. The van der Waals surface area contributed by atoms with Crippen molar-refractivity contribution in [3.63, 3.8) is 0 Å². The highest BCUT2D eigenvalue weighted by Crippen LogP contribution is 2.28. The molecule has 0 amide bonds. The Labute approximate surface area is 157 Å². The van der Waals surface area contributed by atoms with Crippen LogP contribution in [-0.4, -0.2) is 25.3 Å². The highest BCUT2D eigenvalue weighted by molar-refractivity contribution is 7.91. The van der Waals surface area contributed by atoms with Gasteiger partial charge in [0.1, 0.15) is 9.96 Å². The zero-order valence-electron chi connectivity index (χ0n) is 14.7. The third kappa shape index (κ3) is 4.14. The topological polar surface area (TPSA) is 73.2 Å². The summed E-state index contributed by atoms with van der Waals surface area (Å²) in [6.45, 7) is 3.11. The van der Waals surface area contributed by atoms with Gasteiger partial charge in [0.2, 0.25) is 10.0 Å². The van der Waals surface area contributed by atoms with Gasteiger partial charge in [-0.15, -0.1) is 11.3 Å². The molecule has 0 unspecified atom stereocenters. The fourth-order valence-corrected chi connectivity index (χ4v) is 4.79. The third-order valence-electron chi connectivity index (χ3n) is 3.91. The number of methoxy groups -OCH3 is 1. The van der Waals surface area contributed by atoms with Gasteiger partial charge in [-0.2, -0.15) is 5.10 Å². The molecule has 0 aliphatic heterocycles. The van der Waals surface area contributed by atoms with E-state index in [-0.39, 0.29) is 6.54 Å². The summed E-state index contributed by atoms with van der Waals surface area (Å²) in [4.78, 5) is 0. The predicted molar refractivity (Wildman–Crippen MR) is 103 cm³/mol. The van der Waals surface area contributed by atoms with E-state index in [0.29, 0.717) is 4.21 Å². The molecule has 0 aliphatic rings. The Kier molecular flexibility index (Phi) is 5.75. The molecule has 3 aromatic rings. The van der Waals surface area contributed by atoms with Crippen LogP contribution in [0.2, 0.25) is 0 Å². The van der Waals surface area contributed by atoms with E-state index in [2.05, 4.69) is 16.7 Å². The van der Waals surface area contributed by atoms with Crippen LogP contribution < -0.4 is 9.46 Å². The van der Waals surface area contributed by atoms with Crippen molar-refractivity contribution in [3.8, 4) is 17.0 Å². The van der Waals surface area contributed by atoms with Crippen LogP contribution >= 0.6 is 11.3 Å². The maximum atomic E-state index is 12.6. The average molecular weight is 392 g/mol. The van der Waals surface area contributed by atoms with Gasteiger partial charge in [0.05, 0.1) is 12.8 Å². The molecule has 0 atom stereocenters. The van der Waals surface area contributed by atoms with Gasteiger partial charge < -0.3 is 4.74 Å². The zero-order valence-corrected chi connectivity index (χ0v) is 16.3. The first-order chi connectivity index (χ1) is 12.5.